The Morgan fingerprint density at radius 2 is 2.27 bits per heavy atom. The molecular weight excluding hydrogens is 193 g/mol. The summed E-state index contributed by atoms with van der Waals surface area (Å²) in [6.07, 6.45) is 1.71. The van der Waals surface area contributed by atoms with E-state index in [2.05, 4.69) is 4.98 Å². The lowest BCUT2D eigenvalue weighted by Gasteiger charge is -2.15. The first kappa shape index (κ1) is 10.5. The average Bonchev–Trinajstić information content (AvgIpc) is 2.59. The van der Waals surface area contributed by atoms with Crippen LogP contribution in [0.15, 0.2) is 18.3 Å². The summed E-state index contributed by atoms with van der Waals surface area (Å²) in [5.74, 6) is 0.594. The lowest BCUT2D eigenvalue weighted by molar-refractivity contribution is 0.137. The second kappa shape index (κ2) is 3.83. The highest BCUT2D eigenvalue weighted by Crippen LogP contribution is 2.19. The number of pyridine rings is 1. The van der Waals surface area contributed by atoms with Crippen LogP contribution in [0.4, 0.5) is 0 Å². The molecule has 2 heterocycles. The minimum atomic E-state index is -0.307. The number of hydrogen-bond acceptors (Lipinski definition) is 4. The highest BCUT2D eigenvalue weighted by molar-refractivity contribution is 6.61. The molecule has 0 N–H and O–H groups in total. The van der Waals surface area contributed by atoms with Crippen LogP contribution < -0.4 is 10.2 Å². The van der Waals surface area contributed by atoms with Crippen molar-refractivity contribution in [1.29, 1.82) is 0 Å². The quantitative estimate of drug-likeness (QED) is 0.666. The molecule has 0 saturated carbocycles. The maximum Gasteiger partial charge on any atom is 0.496 e. The molecule has 0 unspecified atom stereocenters. The maximum absolute atomic E-state index is 5.71. The molecular formula is C10H14BNO3. The Hall–Kier alpha value is -1.07. The number of nitrogens with zero attached hydrogens (tertiary/aromatic N) is 1. The Morgan fingerprint density at radius 1 is 1.47 bits per heavy atom. The fourth-order valence-electron chi connectivity index (χ4n) is 1.45. The van der Waals surface area contributed by atoms with Crippen molar-refractivity contribution in [3.05, 3.63) is 18.3 Å². The van der Waals surface area contributed by atoms with Crippen LogP contribution in [-0.2, 0) is 9.31 Å². The number of hydrogen-bond donors (Lipinski definition) is 0. The van der Waals surface area contributed by atoms with Crippen molar-refractivity contribution >= 4 is 12.6 Å². The van der Waals surface area contributed by atoms with Crippen molar-refractivity contribution in [2.45, 2.75) is 19.4 Å². The monoisotopic (exact) mass is 207 g/mol. The van der Waals surface area contributed by atoms with E-state index in [-0.39, 0.29) is 12.7 Å². The van der Waals surface area contributed by atoms with Gasteiger partial charge in [0.2, 0.25) is 5.88 Å². The summed E-state index contributed by atoms with van der Waals surface area (Å²) in [4.78, 5) is 4.11. The van der Waals surface area contributed by atoms with Crippen molar-refractivity contribution in [2.75, 3.05) is 13.7 Å². The van der Waals surface area contributed by atoms with Gasteiger partial charge in [-0.2, -0.15) is 0 Å². The van der Waals surface area contributed by atoms with Crippen LogP contribution in [-0.4, -0.2) is 31.4 Å². The molecule has 0 radical (unpaired) electrons. The van der Waals surface area contributed by atoms with Gasteiger partial charge in [0.05, 0.1) is 19.3 Å². The third kappa shape index (κ3) is 2.30. The Morgan fingerprint density at radius 3 is 2.73 bits per heavy atom. The van der Waals surface area contributed by atoms with Crippen LogP contribution in [0.2, 0.25) is 0 Å². The van der Waals surface area contributed by atoms with Crippen LogP contribution in [0, 0.1) is 0 Å². The van der Waals surface area contributed by atoms with Gasteiger partial charge in [-0.15, -0.1) is 0 Å². The largest absolute Gasteiger partial charge is 0.496 e. The second-order valence-electron chi connectivity index (χ2n) is 4.15. The standard InChI is InChI=1S/C10H14BNO3/c1-10(2)7-14-11(15-10)8-4-5-9(13-3)12-6-8/h4-6H,7H2,1-3H3. The van der Waals surface area contributed by atoms with E-state index in [1.807, 2.05) is 19.9 Å². The molecule has 0 aromatic carbocycles. The predicted molar refractivity (Wildman–Crippen MR) is 57.3 cm³/mol. The summed E-state index contributed by atoms with van der Waals surface area (Å²) >= 11 is 0. The van der Waals surface area contributed by atoms with E-state index in [0.717, 1.165) is 5.46 Å². The normalized spacial score (nSPS) is 19.3. The van der Waals surface area contributed by atoms with Crippen molar-refractivity contribution in [3.63, 3.8) is 0 Å². The highest BCUT2D eigenvalue weighted by Gasteiger charge is 2.38. The van der Waals surface area contributed by atoms with E-state index in [1.54, 1.807) is 19.4 Å². The molecule has 1 aliphatic rings. The van der Waals surface area contributed by atoms with Crippen LogP contribution >= 0.6 is 0 Å². The van der Waals surface area contributed by atoms with Crippen LogP contribution in [0.3, 0.4) is 0 Å². The zero-order valence-electron chi connectivity index (χ0n) is 9.19. The van der Waals surface area contributed by atoms with Crippen molar-refractivity contribution in [3.8, 4) is 5.88 Å². The molecule has 5 heteroatoms. The third-order valence-electron chi connectivity index (χ3n) is 2.25. The lowest BCUT2D eigenvalue weighted by Crippen LogP contribution is -2.34. The summed E-state index contributed by atoms with van der Waals surface area (Å²) in [6, 6.07) is 3.70. The van der Waals surface area contributed by atoms with Crippen molar-refractivity contribution in [2.24, 2.45) is 0 Å². The topological polar surface area (TPSA) is 40.6 Å². The smallest absolute Gasteiger partial charge is 0.481 e. The van der Waals surface area contributed by atoms with E-state index in [1.165, 1.54) is 0 Å². The minimum Gasteiger partial charge on any atom is -0.481 e. The van der Waals surface area contributed by atoms with E-state index in [9.17, 15) is 0 Å². The van der Waals surface area contributed by atoms with Gasteiger partial charge in [0.15, 0.2) is 0 Å². The molecule has 0 bridgehead atoms. The molecule has 1 aromatic rings. The van der Waals surface area contributed by atoms with Gasteiger partial charge >= 0.3 is 7.12 Å². The molecule has 4 nitrogen and oxygen atoms in total. The SMILES string of the molecule is COc1ccc(B2OCC(C)(C)O2)cn1. The number of aromatic nitrogens is 1. The Labute approximate surface area is 89.7 Å². The van der Waals surface area contributed by atoms with E-state index < -0.39 is 0 Å². The Kier molecular flexibility index (Phi) is 2.67. The van der Waals surface area contributed by atoms with Gasteiger partial charge in [-0.25, -0.2) is 4.98 Å². The first-order chi connectivity index (χ1) is 7.11. The van der Waals surface area contributed by atoms with Gasteiger partial charge in [-0.05, 0) is 19.9 Å². The molecule has 80 valence electrons. The Balaban J connectivity index is 2.11. The average molecular weight is 207 g/mol. The summed E-state index contributed by atoms with van der Waals surface area (Å²) in [5, 5.41) is 0. The first-order valence-corrected chi connectivity index (χ1v) is 4.90. The first-order valence-electron chi connectivity index (χ1n) is 4.90. The zero-order valence-corrected chi connectivity index (χ0v) is 9.19. The number of methoxy groups -OCH3 is 1. The van der Waals surface area contributed by atoms with Gasteiger partial charge in [-0.3, -0.25) is 0 Å². The van der Waals surface area contributed by atoms with E-state index in [0.29, 0.717) is 12.5 Å². The molecule has 2 rings (SSSR count). The van der Waals surface area contributed by atoms with Crippen LogP contribution in [0.1, 0.15) is 13.8 Å². The van der Waals surface area contributed by atoms with Crippen molar-refractivity contribution < 1.29 is 14.0 Å². The molecule has 1 aromatic heterocycles. The van der Waals surface area contributed by atoms with Crippen LogP contribution in [0.25, 0.3) is 0 Å². The van der Waals surface area contributed by atoms with E-state index >= 15 is 0 Å². The lowest BCUT2D eigenvalue weighted by atomic mass is 9.80. The van der Waals surface area contributed by atoms with Crippen LogP contribution in [0.5, 0.6) is 5.88 Å². The molecule has 15 heavy (non-hydrogen) atoms. The molecule has 0 spiro atoms. The zero-order chi connectivity index (χ0) is 10.9. The summed E-state index contributed by atoms with van der Waals surface area (Å²) < 4.78 is 16.2. The third-order valence-corrected chi connectivity index (χ3v) is 2.25. The fourth-order valence-corrected chi connectivity index (χ4v) is 1.45. The van der Waals surface area contributed by atoms with Gasteiger partial charge in [0.25, 0.3) is 0 Å². The minimum absolute atomic E-state index is 0.218. The van der Waals surface area contributed by atoms with Gasteiger partial charge in [-0.1, -0.05) is 6.07 Å². The highest BCUT2D eigenvalue weighted by atomic mass is 16.7. The molecule has 1 saturated heterocycles. The molecule has 0 amide bonds. The van der Waals surface area contributed by atoms with E-state index in [4.69, 9.17) is 14.0 Å². The molecule has 1 fully saturated rings. The number of ether oxygens (including phenoxy) is 1. The molecule has 0 aliphatic carbocycles. The summed E-state index contributed by atoms with van der Waals surface area (Å²) in [6.45, 7) is 4.61. The molecule has 0 atom stereocenters. The number of rotatable bonds is 2. The summed E-state index contributed by atoms with van der Waals surface area (Å²) in [5.41, 5.74) is 0.700. The van der Waals surface area contributed by atoms with Gasteiger partial charge in [0.1, 0.15) is 0 Å². The summed E-state index contributed by atoms with van der Waals surface area (Å²) in [7, 11) is 1.28. The second-order valence-corrected chi connectivity index (χ2v) is 4.15. The molecule has 1 aliphatic heterocycles. The predicted octanol–water partition coefficient (Wildman–Crippen LogP) is 0.611. The Bertz CT molecular complexity index is 339. The van der Waals surface area contributed by atoms with Gasteiger partial charge in [0, 0.05) is 11.7 Å². The fraction of sp³-hybridized carbons (Fsp3) is 0.500. The maximum atomic E-state index is 5.71. The van der Waals surface area contributed by atoms with Gasteiger partial charge < -0.3 is 14.0 Å². The van der Waals surface area contributed by atoms with Crippen molar-refractivity contribution in [1.82, 2.24) is 4.98 Å².